The number of hydrogen-bond acceptors (Lipinski definition) is 3. The van der Waals surface area contributed by atoms with E-state index in [9.17, 15) is 4.79 Å². The lowest BCUT2D eigenvalue weighted by molar-refractivity contribution is 0.104. The highest BCUT2D eigenvalue weighted by Gasteiger charge is 2.01. The Balaban J connectivity index is 1.96. The molecule has 0 atom stereocenters. The predicted molar refractivity (Wildman–Crippen MR) is 84.2 cm³/mol. The summed E-state index contributed by atoms with van der Waals surface area (Å²) >= 11 is 3.37. The van der Waals surface area contributed by atoms with Crippen molar-refractivity contribution in [2.45, 2.75) is 0 Å². The zero-order chi connectivity index (χ0) is 14.4. The zero-order valence-corrected chi connectivity index (χ0v) is 12.6. The van der Waals surface area contributed by atoms with Crippen molar-refractivity contribution in [1.29, 1.82) is 0 Å². The molecule has 0 bridgehead atoms. The quantitative estimate of drug-likeness (QED) is 0.656. The number of halogens is 1. The second kappa shape index (κ2) is 6.91. The van der Waals surface area contributed by atoms with Crippen LogP contribution in [0.15, 0.2) is 65.3 Å². The maximum absolute atomic E-state index is 11.9. The SMILES string of the molecule is COc1ccc(C(=O)/C=C\Nc2ccc(Br)cc2)cc1. The van der Waals surface area contributed by atoms with E-state index in [2.05, 4.69) is 21.2 Å². The van der Waals surface area contributed by atoms with Gasteiger partial charge in [0.15, 0.2) is 5.78 Å². The van der Waals surface area contributed by atoms with Crippen LogP contribution in [0.2, 0.25) is 0 Å². The van der Waals surface area contributed by atoms with Gasteiger partial charge >= 0.3 is 0 Å². The Bertz CT molecular complexity index is 603. The molecule has 0 fully saturated rings. The number of methoxy groups -OCH3 is 1. The molecule has 0 saturated heterocycles. The number of benzene rings is 2. The summed E-state index contributed by atoms with van der Waals surface area (Å²) in [6.07, 6.45) is 3.14. The molecule has 2 aromatic rings. The van der Waals surface area contributed by atoms with Gasteiger partial charge in [-0.3, -0.25) is 4.79 Å². The van der Waals surface area contributed by atoms with E-state index in [-0.39, 0.29) is 5.78 Å². The highest BCUT2D eigenvalue weighted by atomic mass is 79.9. The van der Waals surface area contributed by atoms with E-state index < -0.39 is 0 Å². The van der Waals surface area contributed by atoms with Gasteiger partial charge in [0.05, 0.1) is 7.11 Å². The van der Waals surface area contributed by atoms with Crippen LogP contribution in [0.3, 0.4) is 0 Å². The first-order chi connectivity index (χ1) is 9.69. The highest BCUT2D eigenvalue weighted by Crippen LogP contribution is 2.14. The molecule has 0 saturated carbocycles. The third-order valence-electron chi connectivity index (χ3n) is 2.70. The number of ether oxygens (including phenoxy) is 1. The largest absolute Gasteiger partial charge is 0.497 e. The first-order valence-electron chi connectivity index (χ1n) is 6.06. The van der Waals surface area contributed by atoms with Crippen LogP contribution in [-0.4, -0.2) is 12.9 Å². The molecular weight excluding hydrogens is 318 g/mol. The van der Waals surface area contributed by atoms with Crippen molar-refractivity contribution < 1.29 is 9.53 Å². The lowest BCUT2D eigenvalue weighted by Crippen LogP contribution is -1.96. The number of nitrogens with one attached hydrogen (secondary N) is 1. The second-order valence-corrected chi connectivity index (χ2v) is 4.99. The summed E-state index contributed by atoms with van der Waals surface area (Å²) in [6, 6.07) is 14.7. The Hall–Kier alpha value is -2.07. The first kappa shape index (κ1) is 14.3. The second-order valence-electron chi connectivity index (χ2n) is 4.08. The number of anilines is 1. The van der Waals surface area contributed by atoms with Crippen LogP contribution in [0.1, 0.15) is 10.4 Å². The van der Waals surface area contributed by atoms with Gasteiger partial charge in [0, 0.05) is 28.0 Å². The molecule has 20 heavy (non-hydrogen) atoms. The third-order valence-corrected chi connectivity index (χ3v) is 3.23. The van der Waals surface area contributed by atoms with E-state index in [1.807, 2.05) is 24.3 Å². The smallest absolute Gasteiger partial charge is 0.187 e. The van der Waals surface area contributed by atoms with E-state index >= 15 is 0 Å². The van der Waals surface area contributed by atoms with Crippen molar-refractivity contribution >= 4 is 27.4 Å². The van der Waals surface area contributed by atoms with Gasteiger partial charge in [-0.2, -0.15) is 0 Å². The van der Waals surface area contributed by atoms with Crippen LogP contribution in [0.4, 0.5) is 5.69 Å². The summed E-state index contributed by atoms with van der Waals surface area (Å²) in [5.41, 5.74) is 1.55. The minimum Gasteiger partial charge on any atom is -0.497 e. The molecule has 0 amide bonds. The molecule has 3 nitrogen and oxygen atoms in total. The molecule has 2 aromatic carbocycles. The van der Waals surface area contributed by atoms with E-state index in [0.29, 0.717) is 5.56 Å². The Morgan fingerprint density at radius 2 is 1.75 bits per heavy atom. The van der Waals surface area contributed by atoms with Crippen molar-refractivity contribution in [1.82, 2.24) is 0 Å². The van der Waals surface area contributed by atoms with E-state index in [4.69, 9.17) is 4.74 Å². The van der Waals surface area contributed by atoms with Gasteiger partial charge in [-0.05, 0) is 48.5 Å². The average molecular weight is 332 g/mol. The number of ketones is 1. The van der Waals surface area contributed by atoms with Gasteiger partial charge in [0.2, 0.25) is 0 Å². The molecule has 0 aliphatic carbocycles. The fourth-order valence-corrected chi connectivity index (χ4v) is 1.88. The van der Waals surface area contributed by atoms with Crippen molar-refractivity contribution in [3.8, 4) is 5.75 Å². The normalized spacial score (nSPS) is 10.5. The van der Waals surface area contributed by atoms with Crippen LogP contribution in [0.25, 0.3) is 0 Å². The summed E-state index contributed by atoms with van der Waals surface area (Å²) in [5.74, 6) is 0.677. The van der Waals surface area contributed by atoms with E-state index in [1.165, 1.54) is 6.08 Å². The molecule has 102 valence electrons. The van der Waals surface area contributed by atoms with Crippen LogP contribution in [0.5, 0.6) is 5.75 Å². The molecule has 2 rings (SSSR count). The van der Waals surface area contributed by atoms with Crippen molar-refractivity contribution in [2.75, 3.05) is 12.4 Å². The number of allylic oxidation sites excluding steroid dienone is 1. The lowest BCUT2D eigenvalue weighted by atomic mass is 10.1. The summed E-state index contributed by atoms with van der Waals surface area (Å²) in [7, 11) is 1.60. The molecule has 0 unspecified atom stereocenters. The van der Waals surface area contributed by atoms with Crippen LogP contribution in [0, 0.1) is 0 Å². The van der Waals surface area contributed by atoms with Gasteiger partial charge in [-0.25, -0.2) is 0 Å². The van der Waals surface area contributed by atoms with Crippen LogP contribution < -0.4 is 10.1 Å². The Kier molecular flexibility index (Phi) is 4.96. The maximum Gasteiger partial charge on any atom is 0.187 e. The number of carbonyl (C=O) groups is 1. The van der Waals surface area contributed by atoms with Gasteiger partial charge in [-0.1, -0.05) is 15.9 Å². The minimum absolute atomic E-state index is 0.0581. The van der Waals surface area contributed by atoms with Crippen LogP contribution in [-0.2, 0) is 0 Å². The number of rotatable bonds is 5. The molecule has 0 aliphatic heterocycles. The number of carbonyl (C=O) groups excluding carboxylic acids is 1. The summed E-state index contributed by atoms with van der Waals surface area (Å²) in [4.78, 5) is 11.9. The monoisotopic (exact) mass is 331 g/mol. The summed E-state index contributed by atoms with van der Waals surface area (Å²) in [6.45, 7) is 0. The Labute approximate surface area is 126 Å². The predicted octanol–water partition coefficient (Wildman–Crippen LogP) is 4.27. The molecule has 0 aromatic heterocycles. The Morgan fingerprint density at radius 3 is 2.35 bits per heavy atom. The highest BCUT2D eigenvalue weighted by molar-refractivity contribution is 9.10. The fourth-order valence-electron chi connectivity index (χ4n) is 1.61. The molecule has 0 heterocycles. The van der Waals surface area contributed by atoms with E-state index in [1.54, 1.807) is 37.6 Å². The van der Waals surface area contributed by atoms with Gasteiger partial charge in [-0.15, -0.1) is 0 Å². The first-order valence-corrected chi connectivity index (χ1v) is 6.85. The summed E-state index contributed by atoms with van der Waals surface area (Å²) in [5, 5.41) is 3.05. The fraction of sp³-hybridized carbons (Fsp3) is 0.0625. The molecular formula is C16H14BrNO2. The molecule has 0 aliphatic rings. The number of hydrogen-bond donors (Lipinski definition) is 1. The lowest BCUT2D eigenvalue weighted by Gasteiger charge is -2.01. The molecule has 4 heteroatoms. The minimum atomic E-state index is -0.0581. The zero-order valence-electron chi connectivity index (χ0n) is 11.0. The third kappa shape index (κ3) is 3.96. The van der Waals surface area contributed by atoms with Gasteiger partial charge in [0.1, 0.15) is 5.75 Å². The van der Waals surface area contributed by atoms with Gasteiger partial charge in [0.25, 0.3) is 0 Å². The van der Waals surface area contributed by atoms with Crippen molar-refractivity contribution in [2.24, 2.45) is 0 Å². The molecule has 1 N–H and O–H groups in total. The molecule has 0 spiro atoms. The average Bonchev–Trinajstić information content (AvgIpc) is 2.49. The standard InChI is InChI=1S/C16H14BrNO2/c1-20-15-8-2-12(3-9-15)16(19)10-11-18-14-6-4-13(17)5-7-14/h2-11,18H,1H3/b11-10-. The van der Waals surface area contributed by atoms with Crippen molar-refractivity contribution in [3.63, 3.8) is 0 Å². The topological polar surface area (TPSA) is 38.3 Å². The summed E-state index contributed by atoms with van der Waals surface area (Å²) < 4.78 is 6.07. The Morgan fingerprint density at radius 1 is 1.10 bits per heavy atom. The maximum atomic E-state index is 11.9. The van der Waals surface area contributed by atoms with Crippen molar-refractivity contribution in [3.05, 3.63) is 70.8 Å². The van der Waals surface area contributed by atoms with E-state index in [0.717, 1.165) is 15.9 Å². The van der Waals surface area contributed by atoms with Crippen LogP contribution >= 0.6 is 15.9 Å². The van der Waals surface area contributed by atoms with Gasteiger partial charge < -0.3 is 10.1 Å². The molecule has 0 radical (unpaired) electrons.